The molecule has 2 rings (SSSR count). The van der Waals surface area contributed by atoms with Gasteiger partial charge in [-0.25, -0.2) is 4.98 Å². The van der Waals surface area contributed by atoms with Crippen LogP contribution in [0.15, 0.2) is 12.4 Å². The van der Waals surface area contributed by atoms with Gasteiger partial charge in [-0.3, -0.25) is 0 Å². The van der Waals surface area contributed by atoms with Crippen LogP contribution >= 0.6 is 0 Å². The van der Waals surface area contributed by atoms with Gasteiger partial charge >= 0.3 is 0 Å². The van der Waals surface area contributed by atoms with Crippen molar-refractivity contribution in [3.8, 4) is 0 Å². The summed E-state index contributed by atoms with van der Waals surface area (Å²) in [5, 5.41) is 3.76. The van der Waals surface area contributed by atoms with E-state index in [0.29, 0.717) is 11.5 Å². The van der Waals surface area contributed by atoms with Crippen molar-refractivity contribution in [2.75, 3.05) is 6.54 Å². The van der Waals surface area contributed by atoms with Gasteiger partial charge in [-0.2, -0.15) is 0 Å². The maximum Gasteiger partial charge on any atom is 0.110 e. The largest absolute Gasteiger partial charge is 0.335 e. The van der Waals surface area contributed by atoms with E-state index in [1.54, 1.807) is 0 Å². The molecule has 0 bridgehead atoms. The van der Waals surface area contributed by atoms with E-state index < -0.39 is 0 Å². The Balaban J connectivity index is 2.12. The predicted octanol–water partition coefficient (Wildman–Crippen LogP) is 4.03. The summed E-state index contributed by atoms with van der Waals surface area (Å²) in [6.07, 6.45) is 11.8. The van der Waals surface area contributed by atoms with Crippen LogP contribution in [0.3, 0.4) is 0 Å². The molecule has 3 heteroatoms. The lowest BCUT2D eigenvalue weighted by Gasteiger charge is -2.43. The number of hydrogen-bond acceptors (Lipinski definition) is 2. The molecule has 1 heterocycles. The first-order valence-corrected chi connectivity index (χ1v) is 8.82. The minimum absolute atomic E-state index is 0.452. The van der Waals surface area contributed by atoms with E-state index in [-0.39, 0.29) is 0 Å². The van der Waals surface area contributed by atoms with Crippen LogP contribution in [0.2, 0.25) is 0 Å². The highest BCUT2D eigenvalue weighted by Gasteiger charge is 2.37. The third kappa shape index (κ3) is 4.09. The Morgan fingerprint density at radius 3 is 2.86 bits per heavy atom. The molecule has 120 valence electrons. The highest BCUT2D eigenvalue weighted by Crippen LogP contribution is 2.42. The molecule has 1 aromatic rings. The molecule has 0 radical (unpaired) electrons. The maximum absolute atomic E-state index is 4.62. The van der Waals surface area contributed by atoms with Gasteiger partial charge in [0.15, 0.2) is 0 Å². The lowest BCUT2D eigenvalue weighted by atomic mass is 9.65. The van der Waals surface area contributed by atoms with Crippen LogP contribution in [0.25, 0.3) is 0 Å². The van der Waals surface area contributed by atoms with Crippen molar-refractivity contribution < 1.29 is 0 Å². The third-order valence-electron chi connectivity index (χ3n) is 5.21. The molecule has 3 nitrogen and oxygen atoms in total. The van der Waals surface area contributed by atoms with Crippen LogP contribution in [0, 0.1) is 11.3 Å². The van der Waals surface area contributed by atoms with Crippen LogP contribution < -0.4 is 5.32 Å². The Morgan fingerprint density at radius 1 is 1.38 bits per heavy atom. The molecule has 2 atom stereocenters. The smallest absolute Gasteiger partial charge is 0.110 e. The summed E-state index contributed by atoms with van der Waals surface area (Å²) in [5.41, 5.74) is 0.452. The minimum Gasteiger partial charge on any atom is -0.335 e. The summed E-state index contributed by atoms with van der Waals surface area (Å²) in [5.74, 6) is 2.02. The molecular formula is C18H33N3. The van der Waals surface area contributed by atoms with Gasteiger partial charge in [0.1, 0.15) is 5.82 Å². The molecule has 1 aliphatic rings. The maximum atomic E-state index is 4.62. The first-order chi connectivity index (χ1) is 10.1. The SMILES string of the molecule is CCCn1ccnc1CC(NCC)C1CCCCC1(C)C. The molecule has 1 aromatic heterocycles. The van der Waals surface area contributed by atoms with Crippen molar-refractivity contribution in [3.05, 3.63) is 18.2 Å². The Labute approximate surface area is 130 Å². The van der Waals surface area contributed by atoms with Crippen molar-refractivity contribution in [1.29, 1.82) is 0 Å². The highest BCUT2D eigenvalue weighted by atomic mass is 15.1. The van der Waals surface area contributed by atoms with Crippen molar-refractivity contribution >= 4 is 0 Å². The zero-order valence-corrected chi connectivity index (χ0v) is 14.4. The van der Waals surface area contributed by atoms with E-state index in [4.69, 9.17) is 0 Å². The van der Waals surface area contributed by atoms with Crippen molar-refractivity contribution in [1.82, 2.24) is 14.9 Å². The van der Waals surface area contributed by atoms with Gasteiger partial charge in [-0.15, -0.1) is 0 Å². The first-order valence-electron chi connectivity index (χ1n) is 8.82. The summed E-state index contributed by atoms with van der Waals surface area (Å²) in [6.45, 7) is 11.5. The molecule has 0 amide bonds. The van der Waals surface area contributed by atoms with Crippen molar-refractivity contribution in [2.45, 2.75) is 78.8 Å². The number of aromatic nitrogens is 2. The van der Waals surface area contributed by atoms with Crippen LogP contribution in [0.5, 0.6) is 0 Å². The fourth-order valence-electron chi connectivity index (χ4n) is 4.06. The van der Waals surface area contributed by atoms with Crippen molar-refractivity contribution in [2.24, 2.45) is 11.3 Å². The Hall–Kier alpha value is -0.830. The van der Waals surface area contributed by atoms with E-state index in [0.717, 1.165) is 25.4 Å². The molecule has 1 N–H and O–H groups in total. The van der Waals surface area contributed by atoms with E-state index in [1.807, 2.05) is 6.20 Å². The van der Waals surface area contributed by atoms with Gasteiger partial charge in [0.25, 0.3) is 0 Å². The van der Waals surface area contributed by atoms with Gasteiger partial charge in [0, 0.05) is 31.4 Å². The summed E-state index contributed by atoms with van der Waals surface area (Å²) >= 11 is 0. The second kappa shape index (κ2) is 7.44. The lowest BCUT2D eigenvalue weighted by molar-refractivity contribution is 0.0976. The quantitative estimate of drug-likeness (QED) is 0.822. The Morgan fingerprint density at radius 2 is 2.19 bits per heavy atom. The first kappa shape index (κ1) is 16.5. The summed E-state index contributed by atoms with van der Waals surface area (Å²) < 4.78 is 2.33. The van der Waals surface area contributed by atoms with Gasteiger partial charge in [-0.05, 0) is 37.1 Å². The second-order valence-electron chi connectivity index (χ2n) is 7.25. The number of likely N-dealkylation sites (N-methyl/N-ethyl adjacent to an activating group) is 1. The molecule has 21 heavy (non-hydrogen) atoms. The molecule has 1 saturated carbocycles. The summed E-state index contributed by atoms with van der Waals surface area (Å²) in [4.78, 5) is 4.62. The van der Waals surface area contributed by atoms with Crippen molar-refractivity contribution in [3.63, 3.8) is 0 Å². The lowest BCUT2D eigenvalue weighted by Crippen LogP contribution is -2.46. The van der Waals surface area contributed by atoms with Gasteiger partial charge < -0.3 is 9.88 Å². The van der Waals surface area contributed by atoms with Gasteiger partial charge in [0.2, 0.25) is 0 Å². The Bertz CT molecular complexity index is 422. The molecule has 1 fully saturated rings. The number of rotatable bonds is 7. The third-order valence-corrected chi connectivity index (χ3v) is 5.21. The normalized spacial score (nSPS) is 23.1. The highest BCUT2D eigenvalue weighted by molar-refractivity contribution is 5.00. The number of nitrogens with one attached hydrogen (secondary N) is 1. The van der Waals surface area contributed by atoms with Gasteiger partial charge in [0.05, 0.1) is 0 Å². The van der Waals surface area contributed by atoms with Gasteiger partial charge in [-0.1, -0.05) is 40.5 Å². The fourth-order valence-corrected chi connectivity index (χ4v) is 4.06. The Kier molecular flexibility index (Phi) is 5.86. The number of aryl methyl sites for hydroxylation is 1. The zero-order chi connectivity index (χ0) is 15.3. The van der Waals surface area contributed by atoms with Crippen LogP contribution in [-0.2, 0) is 13.0 Å². The zero-order valence-electron chi connectivity index (χ0n) is 14.4. The standard InChI is InChI=1S/C18H33N3/c1-5-12-21-13-11-20-17(21)14-16(19-6-2)15-9-7-8-10-18(15,3)4/h11,13,15-16,19H,5-10,12,14H2,1-4H3. The molecule has 0 spiro atoms. The summed E-state index contributed by atoms with van der Waals surface area (Å²) in [6, 6.07) is 0.559. The molecule has 0 saturated heterocycles. The molecule has 0 aliphatic heterocycles. The van der Waals surface area contributed by atoms with E-state index in [9.17, 15) is 0 Å². The molecule has 2 unspecified atom stereocenters. The van der Waals surface area contributed by atoms with E-state index in [1.165, 1.54) is 37.9 Å². The molecule has 1 aliphatic carbocycles. The number of nitrogens with zero attached hydrogens (tertiary/aromatic N) is 2. The van der Waals surface area contributed by atoms with E-state index >= 15 is 0 Å². The van der Waals surface area contributed by atoms with Crippen LogP contribution in [0.4, 0.5) is 0 Å². The summed E-state index contributed by atoms with van der Waals surface area (Å²) in [7, 11) is 0. The van der Waals surface area contributed by atoms with Crippen LogP contribution in [0.1, 0.15) is 65.6 Å². The van der Waals surface area contributed by atoms with Crippen LogP contribution in [-0.4, -0.2) is 22.1 Å². The number of hydrogen-bond donors (Lipinski definition) is 1. The van der Waals surface area contributed by atoms with E-state index in [2.05, 4.69) is 48.8 Å². The average Bonchev–Trinajstić information content (AvgIpc) is 2.86. The number of imidazole rings is 1. The topological polar surface area (TPSA) is 29.9 Å². The second-order valence-corrected chi connectivity index (χ2v) is 7.25. The predicted molar refractivity (Wildman–Crippen MR) is 89.4 cm³/mol. The fraction of sp³-hybridized carbons (Fsp3) is 0.833. The molecular weight excluding hydrogens is 258 g/mol. The monoisotopic (exact) mass is 291 g/mol. The molecule has 0 aromatic carbocycles. The minimum atomic E-state index is 0.452. The average molecular weight is 291 g/mol.